The second-order valence-corrected chi connectivity index (χ2v) is 9.59. The lowest BCUT2D eigenvalue weighted by molar-refractivity contribution is -0.132. The Kier molecular flexibility index (Phi) is 3.28. The first-order valence-corrected chi connectivity index (χ1v) is 9.70. The molecule has 0 aromatic carbocycles. The van der Waals surface area contributed by atoms with Gasteiger partial charge < -0.3 is 0 Å². The van der Waals surface area contributed by atoms with E-state index in [9.17, 15) is 9.59 Å². The maximum Gasteiger partial charge on any atom is 0.155 e. The Labute approximate surface area is 141 Å². The van der Waals surface area contributed by atoms with Gasteiger partial charge in [0.1, 0.15) is 5.78 Å². The summed E-state index contributed by atoms with van der Waals surface area (Å²) in [6, 6.07) is 0. The lowest BCUT2D eigenvalue weighted by Gasteiger charge is -2.58. The second-order valence-electron chi connectivity index (χ2n) is 8.48. The number of rotatable bonds is 0. The Morgan fingerprint density at radius 3 is 2.55 bits per heavy atom. The summed E-state index contributed by atoms with van der Waals surface area (Å²) < 4.78 is 0. The van der Waals surface area contributed by atoms with Gasteiger partial charge in [-0.1, -0.05) is 29.8 Å². The van der Waals surface area contributed by atoms with Gasteiger partial charge in [0.25, 0.3) is 0 Å². The molecule has 0 saturated heterocycles. The van der Waals surface area contributed by atoms with Crippen LogP contribution in [0, 0.1) is 28.6 Å². The monoisotopic (exact) mass is 364 g/mol. The second kappa shape index (κ2) is 4.78. The molecule has 120 valence electrons. The molecule has 2 nitrogen and oxygen atoms in total. The van der Waals surface area contributed by atoms with Crippen molar-refractivity contribution in [1.29, 1.82) is 0 Å². The van der Waals surface area contributed by atoms with Gasteiger partial charge in [-0.05, 0) is 66.9 Å². The van der Waals surface area contributed by atoms with Crippen molar-refractivity contribution >= 4 is 27.5 Å². The Bertz CT molecular complexity index is 580. The number of fused-ring (bicyclic) bond motifs is 5. The van der Waals surface area contributed by atoms with Crippen LogP contribution in [0.25, 0.3) is 0 Å². The quantitative estimate of drug-likeness (QED) is 0.594. The van der Waals surface area contributed by atoms with Gasteiger partial charge in [0.15, 0.2) is 5.78 Å². The molecule has 22 heavy (non-hydrogen) atoms. The van der Waals surface area contributed by atoms with Gasteiger partial charge in [0, 0.05) is 23.1 Å². The summed E-state index contributed by atoms with van der Waals surface area (Å²) in [7, 11) is 0. The number of allylic oxidation sites excluding steroid dienone is 1. The highest BCUT2D eigenvalue weighted by molar-refractivity contribution is 9.09. The first-order chi connectivity index (χ1) is 10.4. The van der Waals surface area contributed by atoms with Crippen LogP contribution in [0.3, 0.4) is 0 Å². The van der Waals surface area contributed by atoms with Crippen LogP contribution in [0.1, 0.15) is 58.8 Å². The van der Waals surface area contributed by atoms with Crippen molar-refractivity contribution in [2.45, 2.75) is 63.6 Å². The van der Waals surface area contributed by atoms with Crippen LogP contribution >= 0.6 is 15.9 Å². The molecule has 0 heterocycles. The van der Waals surface area contributed by atoms with Crippen molar-refractivity contribution < 1.29 is 9.59 Å². The number of carbonyl (C=O) groups excluding carboxylic acids is 2. The number of halogens is 1. The minimum absolute atomic E-state index is 0.0596. The molecule has 0 spiro atoms. The SMILES string of the molecule is C[C@]12CCC(=O)C=C1[C@H](Br)C[C@@H]1[C@H]2CC[C@]2(C)C(=O)CC[C@H]12. The van der Waals surface area contributed by atoms with Crippen LogP contribution in [0.15, 0.2) is 11.6 Å². The van der Waals surface area contributed by atoms with Crippen LogP contribution in [0.4, 0.5) is 0 Å². The van der Waals surface area contributed by atoms with Gasteiger partial charge in [-0.15, -0.1) is 0 Å². The fourth-order valence-electron chi connectivity index (χ4n) is 6.33. The van der Waals surface area contributed by atoms with Crippen molar-refractivity contribution in [2.75, 3.05) is 0 Å². The molecule has 0 N–H and O–H groups in total. The van der Waals surface area contributed by atoms with E-state index in [1.165, 1.54) is 5.57 Å². The van der Waals surface area contributed by atoms with Gasteiger partial charge in [0.05, 0.1) is 0 Å². The summed E-state index contributed by atoms with van der Waals surface area (Å²) in [4.78, 5) is 24.6. The van der Waals surface area contributed by atoms with E-state index in [1.807, 2.05) is 6.08 Å². The molecule has 3 saturated carbocycles. The molecular formula is C19H25BrO2. The van der Waals surface area contributed by atoms with Crippen LogP contribution in [0.5, 0.6) is 0 Å². The van der Waals surface area contributed by atoms with Crippen molar-refractivity contribution in [3.63, 3.8) is 0 Å². The topological polar surface area (TPSA) is 34.1 Å². The molecule has 6 atom stereocenters. The van der Waals surface area contributed by atoms with E-state index < -0.39 is 0 Å². The molecule has 3 heteroatoms. The Balaban J connectivity index is 1.74. The summed E-state index contributed by atoms with van der Waals surface area (Å²) >= 11 is 3.88. The van der Waals surface area contributed by atoms with Crippen LogP contribution in [0.2, 0.25) is 0 Å². The molecule has 0 aliphatic heterocycles. The third-order valence-corrected chi connectivity index (χ3v) is 8.51. The Hall–Kier alpha value is -0.440. The minimum Gasteiger partial charge on any atom is -0.299 e. The summed E-state index contributed by atoms with van der Waals surface area (Å²) in [5.41, 5.74) is 1.45. The summed E-state index contributed by atoms with van der Waals surface area (Å²) in [6.45, 7) is 4.61. The lowest BCUT2D eigenvalue weighted by Crippen LogP contribution is -2.53. The first kappa shape index (κ1) is 15.1. The molecule has 0 radical (unpaired) electrons. The zero-order valence-corrected chi connectivity index (χ0v) is 15.1. The predicted molar refractivity (Wildman–Crippen MR) is 89.8 cm³/mol. The van der Waals surface area contributed by atoms with Gasteiger partial charge >= 0.3 is 0 Å². The predicted octanol–water partition coefficient (Wildman–Crippen LogP) is 4.46. The standard InChI is InChI=1S/C19H25BrO2/c1-18-7-5-11(21)9-15(18)16(20)10-12-13-3-4-17(22)19(13,2)8-6-14(12)18/h9,12-14,16H,3-8,10H2,1-2H3/t12-,13+,14+,16+,18+,19-/m0/s1. The normalized spacial score (nSPS) is 51.0. The minimum atomic E-state index is -0.0596. The molecule has 0 aromatic heterocycles. The molecule has 0 bridgehead atoms. The summed E-state index contributed by atoms with van der Waals surface area (Å²) in [6.07, 6.45) is 8.83. The maximum atomic E-state index is 12.4. The fourth-order valence-corrected chi connectivity index (χ4v) is 7.42. The van der Waals surface area contributed by atoms with E-state index in [2.05, 4.69) is 29.8 Å². The van der Waals surface area contributed by atoms with Gasteiger partial charge in [-0.2, -0.15) is 0 Å². The van der Waals surface area contributed by atoms with E-state index in [0.29, 0.717) is 40.6 Å². The zero-order chi connectivity index (χ0) is 15.7. The van der Waals surface area contributed by atoms with Crippen LogP contribution in [-0.2, 0) is 9.59 Å². The van der Waals surface area contributed by atoms with Crippen LogP contribution in [-0.4, -0.2) is 16.4 Å². The molecule has 3 fully saturated rings. The third-order valence-electron chi connectivity index (χ3n) is 7.65. The molecule has 4 aliphatic carbocycles. The van der Waals surface area contributed by atoms with Gasteiger partial charge in [-0.3, -0.25) is 9.59 Å². The highest BCUT2D eigenvalue weighted by Crippen LogP contribution is 2.65. The molecule has 4 rings (SSSR count). The largest absolute Gasteiger partial charge is 0.299 e. The van der Waals surface area contributed by atoms with E-state index in [4.69, 9.17) is 0 Å². The Morgan fingerprint density at radius 2 is 1.77 bits per heavy atom. The number of ketones is 2. The smallest absolute Gasteiger partial charge is 0.155 e. The highest BCUT2D eigenvalue weighted by atomic mass is 79.9. The molecule has 4 aliphatic rings. The van der Waals surface area contributed by atoms with Crippen molar-refractivity contribution in [3.8, 4) is 0 Å². The molecule has 0 aromatic rings. The van der Waals surface area contributed by atoms with Crippen molar-refractivity contribution in [3.05, 3.63) is 11.6 Å². The zero-order valence-electron chi connectivity index (χ0n) is 13.5. The van der Waals surface area contributed by atoms with E-state index in [1.54, 1.807) is 0 Å². The third kappa shape index (κ3) is 1.84. The highest BCUT2D eigenvalue weighted by Gasteiger charge is 2.60. The van der Waals surface area contributed by atoms with Gasteiger partial charge in [-0.25, -0.2) is 0 Å². The first-order valence-electron chi connectivity index (χ1n) is 8.78. The lowest BCUT2D eigenvalue weighted by atomic mass is 9.47. The summed E-state index contributed by atoms with van der Waals surface area (Å²) in [5, 5.41) is 0. The van der Waals surface area contributed by atoms with E-state index in [0.717, 1.165) is 38.5 Å². The number of alkyl halides is 1. The number of hydrogen-bond donors (Lipinski definition) is 0. The fraction of sp³-hybridized carbons (Fsp3) is 0.789. The number of Topliss-reactive ketones (excluding diaryl/α,β-unsaturated/α-hetero) is 1. The molecule has 0 amide bonds. The van der Waals surface area contributed by atoms with Crippen molar-refractivity contribution in [2.24, 2.45) is 28.6 Å². The van der Waals surface area contributed by atoms with E-state index >= 15 is 0 Å². The maximum absolute atomic E-state index is 12.4. The molecule has 0 unspecified atom stereocenters. The average molecular weight is 365 g/mol. The average Bonchev–Trinajstić information content (AvgIpc) is 2.77. The molecular weight excluding hydrogens is 340 g/mol. The summed E-state index contributed by atoms with van der Waals surface area (Å²) in [5.74, 6) is 2.67. The van der Waals surface area contributed by atoms with Gasteiger partial charge in [0.2, 0.25) is 0 Å². The van der Waals surface area contributed by atoms with Crippen molar-refractivity contribution in [1.82, 2.24) is 0 Å². The number of hydrogen-bond acceptors (Lipinski definition) is 2. The number of carbonyl (C=O) groups is 2. The Morgan fingerprint density at radius 1 is 1.05 bits per heavy atom. The van der Waals surface area contributed by atoms with Crippen LogP contribution < -0.4 is 0 Å². The van der Waals surface area contributed by atoms with E-state index in [-0.39, 0.29) is 10.8 Å².